The molecule has 1 aromatic rings. The fraction of sp³-hybridized carbons (Fsp3) is 0.529. The van der Waals surface area contributed by atoms with Gasteiger partial charge in [0, 0.05) is 12.3 Å². The van der Waals surface area contributed by atoms with Crippen LogP contribution in [0.25, 0.3) is 0 Å². The van der Waals surface area contributed by atoms with Crippen molar-refractivity contribution >= 4 is 11.9 Å². The lowest BCUT2D eigenvalue weighted by atomic mass is 9.88. The van der Waals surface area contributed by atoms with Gasteiger partial charge in [-0.3, -0.25) is 4.79 Å². The summed E-state index contributed by atoms with van der Waals surface area (Å²) < 4.78 is 4.82. The molecule has 0 bridgehead atoms. The van der Waals surface area contributed by atoms with Crippen LogP contribution in [0.15, 0.2) is 30.3 Å². The van der Waals surface area contributed by atoms with Gasteiger partial charge in [-0.1, -0.05) is 49.6 Å². The zero-order chi connectivity index (χ0) is 15.1. The maximum Gasteiger partial charge on any atom is 0.328 e. The molecule has 0 spiro atoms. The highest BCUT2D eigenvalue weighted by molar-refractivity contribution is 5.86. The predicted octanol–water partition coefficient (Wildman–Crippen LogP) is 2.47. The molecule has 1 atom stereocenters. The first-order valence-electron chi connectivity index (χ1n) is 7.63. The SMILES string of the molecule is COC(=O)[C@H](Cc1ccccc1)NC(=O)C1CCCCC1. The van der Waals surface area contributed by atoms with Crippen LogP contribution in [0.2, 0.25) is 0 Å². The lowest BCUT2D eigenvalue weighted by Gasteiger charge is -2.24. The van der Waals surface area contributed by atoms with E-state index in [1.165, 1.54) is 13.5 Å². The van der Waals surface area contributed by atoms with Crippen LogP contribution in [0.3, 0.4) is 0 Å². The molecular formula is C17H23NO3. The lowest BCUT2D eigenvalue weighted by molar-refractivity contribution is -0.145. The Labute approximate surface area is 125 Å². The standard InChI is InChI=1S/C17H23NO3/c1-21-17(20)15(12-13-8-4-2-5-9-13)18-16(19)14-10-6-3-7-11-14/h2,4-5,8-9,14-15H,3,6-7,10-12H2,1H3,(H,18,19)/t15-/m0/s1. The van der Waals surface area contributed by atoms with E-state index in [1.807, 2.05) is 30.3 Å². The highest BCUT2D eigenvalue weighted by atomic mass is 16.5. The number of rotatable bonds is 5. The van der Waals surface area contributed by atoms with Gasteiger partial charge in [0.1, 0.15) is 6.04 Å². The molecule has 1 saturated carbocycles. The van der Waals surface area contributed by atoms with Crippen molar-refractivity contribution in [2.75, 3.05) is 7.11 Å². The molecule has 0 saturated heterocycles. The summed E-state index contributed by atoms with van der Waals surface area (Å²) in [7, 11) is 1.35. The van der Waals surface area contributed by atoms with Crippen molar-refractivity contribution in [2.45, 2.75) is 44.6 Å². The van der Waals surface area contributed by atoms with E-state index >= 15 is 0 Å². The molecule has 0 aromatic heterocycles. The molecule has 2 rings (SSSR count). The van der Waals surface area contributed by atoms with Gasteiger partial charge in [0.05, 0.1) is 7.11 Å². The molecule has 0 aliphatic heterocycles. The Kier molecular flexibility index (Phi) is 5.78. The van der Waals surface area contributed by atoms with Crippen molar-refractivity contribution in [3.8, 4) is 0 Å². The summed E-state index contributed by atoms with van der Waals surface area (Å²) in [6, 6.07) is 9.06. The first kappa shape index (κ1) is 15.5. The van der Waals surface area contributed by atoms with Gasteiger partial charge in [0.2, 0.25) is 5.91 Å². The van der Waals surface area contributed by atoms with Crippen molar-refractivity contribution in [2.24, 2.45) is 5.92 Å². The maximum absolute atomic E-state index is 12.3. The van der Waals surface area contributed by atoms with Crippen molar-refractivity contribution in [1.82, 2.24) is 5.32 Å². The van der Waals surface area contributed by atoms with Gasteiger partial charge in [0.25, 0.3) is 0 Å². The van der Waals surface area contributed by atoms with Gasteiger partial charge in [-0.25, -0.2) is 4.79 Å². The predicted molar refractivity (Wildman–Crippen MR) is 80.7 cm³/mol. The minimum absolute atomic E-state index is 0.0129. The number of hydrogen-bond acceptors (Lipinski definition) is 3. The number of hydrogen-bond donors (Lipinski definition) is 1. The third-order valence-electron chi connectivity index (χ3n) is 4.06. The molecule has 1 aliphatic carbocycles. The Morgan fingerprint density at radius 2 is 1.86 bits per heavy atom. The second-order valence-corrected chi connectivity index (χ2v) is 5.61. The summed E-state index contributed by atoms with van der Waals surface area (Å²) in [5.74, 6) is -0.356. The summed E-state index contributed by atoms with van der Waals surface area (Å²) in [5.41, 5.74) is 1.01. The van der Waals surface area contributed by atoms with E-state index in [0.717, 1.165) is 31.2 Å². The Bertz CT molecular complexity index is 466. The highest BCUT2D eigenvalue weighted by Gasteiger charge is 2.27. The maximum atomic E-state index is 12.3. The van der Waals surface area contributed by atoms with E-state index < -0.39 is 6.04 Å². The zero-order valence-corrected chi connectivity index (χ0v) is 12.5. The molecule has 0 unspecified atom stereocenters. The fourth-order valence-corrected chi connectivity index (χ4v) is 2.84. The van der Waals surface area contributed by atoms with Crippen LogP contribution in [-0.4, -0.2) is 25.0 Å². The molecule has 4 heteroatoms. The van der Waals surface area contributed by atoms with Crippen molar-refractivity contribution in [3.63, 3.8) is 0 Å². The minimum Gasteiger partial charge on any atom is -0.467 e. The molecule has 1 N–H and O–H groups in total. The van der Waals surface area contributed by atoms with Crippen LogP contribution < -0.4 is 5.32 Å². The minimum atomic E-state index is -0.605. The molecule has 1 aliphatic rings. The normalized spacial score (nSPS) is 17.0. The molecule has 21 heavy (non-hydrogen) atoms. The van der Waals surface area contributed by atoms with Gasteiger partial charge in [-0.2, -0.15) is 0 Å². The summed E-state index contributed by atoms with van der Waals surface area (Å²) in [4.78, 5) is 24.2. The van der Waals surface area contributed by atoms with Crippen molar-refractivity contribution in [1.29, 1.82) is 0 Å². The van der Waals surface area contributed by atoms with E-state index in [-0.39, 0.29) is 17.8 Å². The molecule has 0 heterocycles. The number of benzene rings is 1. The number of carbonyl (C=O) groups is 2. The molecule has 0 radical (unpaired) electrons. The van der Waals surface area contributed by atoms with Crippen LogP contribution >= 0.6 is 0 Å². The van der Waals surface area contributed by atoms with E-state index in [9.17, 15) is 9.59 Å². The molecular weight excluding hydrogens is 266 g/mol. The van der Waals surface area contributed by atoms with Crippen LogP contribution in [0.1, 0.15) is 37.7 Å². The second kappa shape index (κ2) is 7.81. The summed E-state index contributed by atoms with van der Waals surface area (Å²) in [6.45, 7) is 0. The smallest absolute Gasteiger partial charge is 0.328 e. The fourth-order valence-electron chi connectivity index (χ4n) is 2.84. The monoisotopic (exact) mass is 289 g/mol. The van der Waals surface area contributed by atoms with E-state index in [4.69, 9.17) is 4.74 Å². The second-order valence-electron chi connectivity index (χ2n) is 5.61. The number of esters is 1. The van der Waals surface area contributed by atoms with Crippen LogP contribution in [0.5, 0.6) is 0 Å². The Balaban J connectivity index is 1.99. The molecule has 1 aromatic carbocycles. The first-order chi connectivity index (χ1) is 10.2. The van der Waals surface area contributed by atoms with Crippen molar-refractivity contribution < 1.29 is 14.3 Å². The largest absolute Gasteiger partial charge is 0.467 e. The quantitative estimate of drug-likeness (QED) is 0.847. The van der Waals surface area contributed by atoms with Gasteiger partial charge >= 0.3 is 5.97 Å². The Hall–Kier alpha value is -1.84. The highest BCUT2D eigenvalue weighted by Crippen LogP contribution is 2.23. The van der Waals surface area contributed by atoms with E-state index in [1.54, 1.807) is 0 Å². The van der Waals surface area contributed by atoms with Gasteiger partial charge in [-0.05, 0) is 18.4 Å². The van der Waals surface area contributed by atoms with Gasteiger partial charge < -0.3 is 10.1 Å². The molecule has 1 amide bonds. The van der Waals surface area contributed by atoms with Gasteiger partial charge in [0.15, 0.2) is 0 Å². The van der Waals surface area contributed by atoms with Crippen LogP contribution in [-0.2, 0) is 20.7 Å². The number of nitrogens with one attached hydrogen (secondary N) is 1. The third-order valence-corrected chi connectivity index (χ3v) is 4.06. The van der Waals surface area contributed by atoms with Gasteiger partial charge in [-0.15, -0.1) is 0 Å². The van der Waals surface area contributed by atoms with E-state index in [2.05, 4.69) is 5.32 Å². The molecule has 1 fully saturated rings. The number of amides is 1. The van der Waals surface area contributed by atoms with Crippen LogP contribution in [0, 0.1) is 5.92 Å². The summed E-state index contributed by atoms with van der Waals surface area (Å²) in [6.07, 6.45) is 5.70. The number of carbonyl (C=O) groups excluding carboxylic acids is 2. The lowest BCUT2D eigenvalue weighted by Crippen LogP contribution is -2.45. The van der Waals surface area contributed by atoms with Crippen LogP contribution in [0.4, 0.5) is 0 Å². The third kappa shape index (κ3) is 4.59. The average Bonchev–Trinajstić information content (AvgIpc) is 2.55. The zero-order valence-electron chi connectivity index (χ0n) is 12.5. The molecule has 114 valence electrons. The Morgan fingerprint density at radius 1 is 1.19 bits per heavy atom. The van der Waals surface area contributed by atoms with Crippen molar-refractivity contribution in [3.05, 3.63) is 35.9 Å². The van der Waals surface area contributed by atoms with E-state index in [0.29, 0.717) is 6.42 Å². The topological polar surface area (TPSA) is 55.4 Å². The number of methoxy groups -OCH3 is 1. The molecule has 4 nitrogen and oxygen atoms in total. The summed E-state index contributed by atoms with van der Waals surface area (Å²) >= 11 is 0. The Morgan fingerprint density at radius 3 is 2.48 bits per heavy atom. The average molecular weight is 289 g/mol. The first-order valence-corrected chi connectivity index (χ1v) is 7.63. The summed E-state index contributed by atoms with van der Waals surface area (Å²) in [5, 5.41) is 2.87. The number of ether oxygens (including phenoxy) is 1.